The number of rotatable bonds is 3. The fraction of sp³-hybridized carbons (Fsp3) is 0.433. The fourth-order valence-corrected chi connectivity index (χ4v) is 5.96. The molecule has 1 saturated heterocycles. The summed E-state index contributed by atoms with van der Waals surface area (Å²) in [5, 5.41) is 0. The van der Waals surface area contributed by atoms with Crippen LogP contribution < -0.4 is 0 Å². The fourth-order valence-electron chi connectivity index (χ4n) is 4.93. The number of imidazole rings is 1. The quantitative estimate of drug-likeness (QED) is 0.244. The number of likely N-dealkylation sites (tertiary alicyclic amines) is 1. The van der Waals surface area contributed by atoms with Crippen LogP contribution >= 0.6 is 11.3 Å². The molecule has 4 aromatic rings. The first kappa shape index (κ1) is 27.1. The van der Waals surface area contributed by atoms with Gasteiger partial charge in [0.15, 0.2) is 4.96 Å². The molecule has 2 aromatic carbocycles. The second kappa shape index (κ2) is 9.62. The van der Waals surface area contributed by atoms with E-state index < -0.39 is 11.2 Å². The Morgan fingerprint density at radius 2 is 1.77 bits per heavy atom. The van der Waals surface area contributed by atoms with E-state index >= 15 is 4.39 Å². The predicted octanol–water partition coefficient (Wildman–Crippen LogP) is 7.69. The molecular formula is C30H34FN3O4S. The summed E-state index contributed by atoms with van der Waals surface area (Å²) in [5.74, 6) is -0.745. The molecule has 2 aromatic heterocycles. The molecule has 5 rings (SSSR count). The van der Waals surface area contributed by atoms with Crippen molar-refractivity contribution in [2.24, 2.45) is 0 Å². The largest absolute Gasteiger partial charge is 0.456 e. The van der Waals surface area contributed by atoms with Crippen LogP contribution in [0.15, 0.2) is 36.5 Å². The van der Waals surface area contributed by atoms with Crippen molar-refractivity contribution in [3.63, 3.8) is 0 Å². The van der Waals surface area contributed by atoms with Crippen LogP contribution in [0.25, 0.3) is 26.4 Å². The van der Waals surface area contributed by atoms with Crippen molar-refractivity contribution in [2.75, 3.05) is 6.54 Å². The van der Waals surface area contributed by atoms with Gasteiger partial charge in [0.25, 0.3) is 0 Å². The van der Waals surface area contributed by atoms with E-state index in [1.807, 2.05) is 77.3 Å². The Morgan fingerprint density at radius 3 is 2.44 bits per heavy atom. The van der Waals surface area contributed by atoms with Crippen molar-refractivity contribution in [3.8, 4) is 11.3 Å². The minimum absolute atomic E-state index is 0.222. The number of fused-ring (bicyclic) bond motifs is 3. The molecule has 39 heavy (non-hydrogen) atoms. The molecule has 1 amide bonds. The minimum atomic E-state index is -0.590. The van der Waals surface area contributed by atoms with Gasteiger partial charge >= 0.3 is 12.1 Å². The summed E-state index contributed by atoms with van der Waals surface area (Å²) in [4.78, 5) is 32.5. The maximum absolute atomic E-state index is 15.4. The van der Waals surface area contributed by atoms with Crippen LogP contribution in [0.4, 0.5) is 9.18 Å². The van der Waals surface area contributed by atoms with E-state index in [4.69, 9.17) is 14.5 Å². The number of nitrogens with zero attached hydrogens (tertiary/aromatic N) is 3. The van der Waals surface area contributed by atoms with Crippen molar-refractivity contribution in [3.05, 3.63) is 59.0 Å². The number of carbonyl (C=O) groups excluding carboxylic acids is 2. The Hall–Kier alpha value is -3.46. The highest BCUT2D eigenvalue weighted by Crippen LogP contribution is 2.36. The number of benzene rings is 2. The second-order valence-corrected chi connectivity index (χ2v) is 13.1. The molecule has 0 saturated carbocycles. The van der Waals surface area contributed by atoms with E-state index in [0.29, 0.717) is 28.3 Å². The van der Waals surface area contributed by atoms with Gasteiger partial charge < -0.3 is 14.4 Å². The maximum Gasteiger partial charge on any atom is 0.410 e. The lowest BCUT2D eigenvalue weighted by Crippen LogP contribution is -2.36. The molecule has 1 fully saturated rings. The summed E-state index contributed by atoms with van der Waals surface area (Å²) in [7, 11) is 0. The van der Waals surface area contributed by atoms with Gasteiger partial charge in [0, 0.05) is 18.3 Å². The van der Waals surface area contributed by atoms with E-state index in [1.54, 1.807) is 11.0 Å². The van der Waals surface area contributed by atoms with Gasteiger partial charge in [-0.05, 0) is 96.7 Å². The van der Waals surface area contributed by atoms with Gasteiger partial charge in [0.1, 0.15) is 17.0 Å². The van der Waals surface area contributed by atoms with Gasteiger partial charge in [-0.2, -0.15) is 0 Å². The summed E-state index contributed by atoms with van der Waals surface area (Å²) in [6, 6.07) is 8.66. The van der Waals surface area contributed by atoms with Crippen LogP contribution in [0, 0.1) is 12.7 Å². The third-order valence-corrected chi connectivity index (χ3v) is 7.61. The molecule has 1 atom stereocenters. The third-order valence-electron chi connectivity index (χ3n) is 6.59. The third kappa shape index (κ3) is 5.50. The minimum Gasteiger partial charge on any atom is -0.456 e. The van der Waals surface area contributed by atoms with Gasteiger partial charge in [0.05, 0.1) is 27.5 Å². The normalized spacial score (nSPS) is 16.3. The zero-order valence-electron chi connectivity index (χ0n) is 23.4. The SMILES string of the molecule is Cc1cc2c(cc1C(=O)OC(C)(C)C)sc1nc(-c3ccc([C@@H]4CCCN4C(=O)OC(C)(C)C)cc3F)cn12. The van der Waals surface area contributed by atoms with E-state index in [9.17, 15) is 9.59 Å². The average Bonchev–Trinajstić information content (AvgIpc) is 3.51. The van der Waals surface area contributed by atoms with E-state index in [1.165, 1.54) is 17.4 Å². The Kier molecular flexibility index (Phi) is 6.69. The topological polar surface area (TPSA) is 73.1 Å². The Balaban J connectivity index is 1.43. The van der Waals surface area contributed by atoms with Gasteiger partial charge in [0.2, 0.25) is 0 Å². The lowest BCUT2D eigenvalue weighted by Gasteiger charge is -2.29. The van der Waals surface area contributed by atoms with Crippen LogP contribution in [0.1, 0.15) is 81.9 Å². The summed E-state index contributed by atoms with van der Waals surface area (Å²) >= 11 is 1.44. The molecule has 1 aliphatic rings. The number of carbonyl (C=O) groups is 2. The van der Waals surface area contributed by atoms with Gasteiger partial charge in [-0.1, -0.05) is 17.4 Å². The second-order valence-electron chi connectivity index (χ2n) is 12.1. The van der Waals surface area contributed by atoms with Crippen molar-refractivity contribution < 1.29 is 23.5 Å². The van der Waals surface area contributed by atoms with Gasteiger partial charge in [-0.15, -0.1) is 0 Å². The number of aromatic nitrogens is 2. The molecule has 0 radical (unpaired) electrons. The smallest absolute Gasteiger partial charge is 0.410 e. The van der Waals surface area contributed by atoms with Gasteiger partial charge in [-0.25, -0.2) is 19.0 Å². The first-order valence-electron chi connectivity index (χ1n) is 13.2. The molecule has 0 aliphatic carbocycles. The average molecular weight is 552 g/mol. The van der Waals surface area contributed by atoms with Crippen LogP contribution in [-0.2, 0) is 9.47 Å². The van der Waals surface area contributed by atoms with Crippen molar-refractivity contribution in [1.29, 1.82) is 0 Å². The highest BCUT2D eigenvalue weighted by molar-refractivity contribution is 7.23. The first-order valence-corrected chi connectivity index (χ1v) is 14.0. The number of hydrogen-bond donors (Lipinski definition) is 0. The molecular weight excluding hydrogens is 517 g/mol. The molecule has 1 aliphatic heterocycles. The molecule has 0 unspecified atom stereocenters. The summed E-state index contributed by atoms with van der Waals surface area (Å²) < 4.78 is 29.4. The molecule has 0 bridgehead atoms. The Labute approximate surface area is 231 Å². The van der Waals surface area contributed by atoms with Crippen molar-refractivity contribution >= 4 is 38.6 Å². The van der Waals surface area contributed by atoms with Crippen LogP contribution in [-0.4, -0.2) is 44.1 Å². The lowest BCUT2D eigenvalue weighted by molar-refractivity contribution is 0.00681. The lowest BCUT2D eigenvalue weighted by atomic mass is 10.0. The number of hydrogen-bond acceptors (Lipinski definition) is 6. The maximum atomic E-state index is 15.4. The number of esters is 1. The number of ether oxygens (including phenoxy) is 2. The van der Waals surface area contributed by atoms with Crippen molar-refractivity contribution in [2.45, 2.75) is 78.6 Å². The molecule has 7 nitrogen and oxygen atoms in total. The highest BCUT2D eigenvalue weighted by Gasteiger charge is 2.33. The molecule has 9 heteroatoms. The van der Waals surface area contributed by atoms with Crippen LogP contribution in [0.3, 0.4) is 0 Å². The Bertz CT molecular complexity index is 1590. The van der Waals surface area contributed by atoms with Crippen LogP contribution in [0.2, 0.25) is 0 Å². The number of thiazole rings is 1. The van der Waals surface area contributed by atoms with E-state index in [0.717, 1.165) is 34.2 Å². The molecule has 0 N–H and O–H groups in total. The monoisotopic (exact) mass is 551 g/mol. The number of halogens is 1. The molecule has 0 spiro atoms. The zero-order valence-corrected chi connectivity index (χ0v) is 24.2. The summed E-state index contributed by atoms with van der Waals surface area (Å²) in [5.41, 5.74) is 2.72. The standard InChI is InChI=1S/C30H34FN3O4S/c1-17-13-24-25(15-20(17)26(35)37-29(2,3)4)39-27-32-22(16-34(24)27)19-11-10-18(14-21(19)31)23-9-8-12-33(23)28(36)38-30(5,6)7/h10-11,13-16,23H,8-9,12H2,1-7H3/t23-/m0/s1. The predicted molar refractivity (Wildman–Crippen MR) is 151 cm³/mol. The first-order chi connectivity index (χ1) is 18.2. The van der Waals surface area contributed by atoms with E-state index in [-0.39, 0.29) is 23.9 Å². The Morgan fingerprint density at radius 1 is 1.05 bits per heavy atom. The van der Waals surface area contributed by atoms with Gasteiger partial charge in [-0.3, -0.25) is 4.40 Å². The molecule has 206 valence electrons. The van der Waals surface area contributed by atoms with E-state index in [2.05, 4.69) is 0 Å². The number of aryl methyl sites for hydroxylation is 1. The highest BCUT2D eigenvalue weighted by atomic mass is 32.1. The summed E-state index contributed by atoms with van der Waals surface area (Å²) in [6.07, 6.45) is 3.05. The molecule has 3 heterocycles. The number of amides is 1. The van der Waals surface area contributed by atoms with Crippen LogP contribution in [0.5, 0.6) is 0 Å². The zero-order chi connectivity index (χ0) is 28.3. The summed E-state index contributed by atoms with van der Waals surface area (Å²) in [6.45, 7) is 13.5. The van der Waals surface area contributed by atoms with Crippen molar-refractivity contribution in [1.82, 2.24) is 14.3 Å².